The van der Waals surface area contributed by atoms with Gasteiger partial charge in [-0.2, -0.15) is 0 Å². The third-order valence-corrected chi connectivity index (χ3v) is 4.54. The van der Waals surface area contributed by atoms with Crippen LogP contribution >= 0.6 is 31.9 Å². The molecule has 0 spiro atoms. The van der Waals surface area contributed by atoms with Crippen LogP contribution < -0.4 is 10.2 Å². The largest absolute Gasteiger partial charge is 0.354 e. The Balaban J connectivity index is 1.96. The first-order valence-electron chi connectivity index (χ1n) is 6.25. The molecule has 0 atom stereocenters. The Kier molecular flexibility index (Phi) is 3.61. The van der Waals surface area contributed by atoms with Gasteiger partial charge in [0.15, 0.2) is 5.96 Å². The molecule has 2 aliphatic rings. The van der Waals surface area contributed by atoms with E-state index in [9.17, 15) is 0 Å². The second-order valence-corrected chi connectivity index (χ2v) is 6.47. The van der Waals surface area contributed by atoms with E-state index in [0.717, 1.165) is 40.5 Å². The number of rotatable bonds is 3. The molecule has 96 valence electrons. The van der Waals surface area contributed by atoms with Crippen LogP contribution in [0.1, 0.15) is 12.8 Å². The highest BCUT2D eigenvalue weighted by atomic mass is 79.9. The van der Waals surface area contributed by atoms with Crippen molar-refractivity contribution >= 4 is 43.5 Å². The second-order valence-electron chi connectivity index (χ2n) is 4.76. The number of guanidine groups is 1. The van der Waals surface area contributed by atoms with E-state index in [1.807, 2.05) is 6.07 Å². The van der Waals surface area contributed by atoms with E-state index in [2.05, 4.69) is 59.2 Å². The molecule has 3 nitrogen and oxygen atoms in total. The number of para-hydroxylation sites is 1. The van der Waals surface area contributed by atoms with Gasteiger partial charge in [-0.3, -0.25) is 4.99 Å². The van der Waals surface area contributed by atoms with Crippen LogP contribution in [0.4, 0.5) is 5.69 Å². The number of aliphatic imine (C=N–C) groups is 1. The summed E-state index contributed by atoms with van der Waals surface area (Å²) in [5.74, 6) is 1.82. The molecule has 1 fully saturated rings. The van der Waals surface area contributed by atoms with Crippen molar-refractivity contribution < 1.29 is 0 Å². The predicted molar refractivity (Wildman–Crippen MR) is 82.2 cm³/mol. The zero-order valence-corrected chi connectivity index (χ0v) is 13.2. The maximum atomic E-state index is 4.57. The molecule has 1 aromatic rings. The minimum absolute atomic E-state index is 0.814. The second kappa shape index (κ2) is 5.21. The van der Waals surface area contributed by atoms with Gasteiger partial charge in [0.05, 0.1) is 12.2 Å². The zero-order chi connectivity index (χ0) is 12.5. The lowest BCUT2D eigenvalue weighted by Crippen LogP contribution is -2.40. The van der Waals surface area contributed by atoms with Crippen LogP contribution in [0.2, 0.25) is 0 Å². The maximum Gasteiger partial charge on any atom is 0.198 e. The first-order valence-corrected chi connectivity index (χ1v) is 7.84. The fraction of sp³-hybridized carbons (Fsp3) is 0.462. The average molecular weight is 373 g/mol. The summed E-state index contributed by atoms with van der Waals surface area (Å²) in [7, 11) is 0. The van der Waals surface area contributed by atoms with Crippen LogP contribution in [-0.4, -0.2) is 25.6 Å². The molecule has 1 saturated carbocycles. The number of anilines is 1. The van der Waals surface area contributed by atoms with Gasteiger partial charge in [-0.05, 0) is 62.8 Å². The van der Waals surface area contributed by atoms with Crippen LogP contribution in [-0.2, 0) is 0 Å². The summed E-state index contributed by atoms with van der Waals surface area (Å²) in [6.45, 7) is 2.87. The number of benzene rings is 1. The lowest BCUT2D eigenvalue weighted by molar-refractivity contribution is 0.811. The molecule has 1 aliphatic heterocycles. The van der Waals surface area contributed by atoms with Gasteiger partial charge in [0, 0.05) is 22.0 Å². The Labute approximate surface area is 124 Å². The summed E-state index contributed by atoms with van der Waals surface area (Å²) in [5.41, 5.74) is 1.18. The smallest absolute Gasteiger partial charge is 0.198 e. The van der Waals surface area contributed by atoms with Crippen molar-refractivity contribution in [2.75, 3.05) is 24.5 Å². The Morgan fingerprint density at radius 1 is 1.28 bits per heavy atom. The third kappa shape index (κ3) is 2.57. The molecular weight excluding hydrogens is 358 g/mol. The van der Waals surface area contributed by atoms with Crippen LogP contribution in [0, 0.1) is 5.92 Å². The minimum atomic E-state index is 0.814. The third-order valence-electron chi connectivity index (χ3n) is 3.26. The molecule has 0 amide bonds. The monoisotopic (exact) mass is 371 g/mol. The summed E-state index contributed by atoms with van der Waals surface area (Å²) in [6, 6.07) is 6.20. The number of hydrogen-bond acceptors (Lipinski definition) is 3. The van der Waals surface area contributed by atoms with E-state index >= 15 is 0 Å². The lowest BCUT2D eigenvalue weighted by atomic mass is 10.2. The van der Waals surface area contributed by atoms with Crippen molar-refractivity contribution in [1.82, 2.24) is 5.32 Å². The number of hydrogen-bond donors (Lipinski definition) is 1. The van der Waals surface area contributed by atoms with Gasteiger partial charge in [-0.25, -0.2) is 0 Å². The van der Waals surface area contributed by atoms with E-state index in [-0.39, 0.29) is 0 Å². The first kappa shape index (κ1) is 12.5. The average Bonchev–Trinajstić information content (AvgIpc) is 3.00. The van der Waals surface area contributed by atoms with E-state index < -0.39 is 0 Å². The first-order chi connectivity index (χ1) is 8.75. The Morgan fingerprint density at radius 3 is 2.56 bits per heavy atom. The van der Waals surface area contributed by atoms with Gasteiger partial charge < -0.3 is 10.2 Å². The van der Waals surface area contributed by atoms with E-state index in [4.69, 9.17) is 0 Å². The molecule has 0 aromatic heterocycles. The fourth-order valence-electron chi connectivity index (χ4n) is 2.16. The molecule has 1 N–H and O–H groups in total. The van der Waals surface area contributed by atoms with Gasteiger partial charge in [0.1, 0.15) is 0 Å². The van der Waals surface area contributed by atoms with Gasteiger partial charge in [0.25, 0.3) is 0 Å². The molecule has 0 saturated heterocycles. The van der Waals surface area contributed by atoms with Crippen molar-refractivity contribution in [2.45, 2.75) is 12.8 Å². The Bertz CT molecular complexity index is 463. The van der Waals surface area contributed by atoms with Gasteiger partial charge in [0.2, 0.25) is 0 Å². The SMILES string of the molecule is Brc1cccc(Br)c1N(CC1CC1)C1=NCCN1. The Morgan fingerprint density at radius 2 is 2.00 bits per heavy atom. The van der Waals surface area contributed by atoms with Crippen molar-refractivity contribution in [3.05, 3.63) is 27.1 Å². The minimum Gasteiger partial charge on any atom is -0.354 e. The predicted octanol–water partition coefficient (Wildman–Crippen LogP) is 3.39. The van der Waals surface area contributed by atoms with Crippen LogP contribution in [0.15, 0.2) is 32.1 Å². The summed E-state index contributed by atoms with van der Waals surface area (Å²) in [6.07, 6.45) is 2.68. The highest BCUT2D eigenvalue weighted by Crippen LogP contribution is 2.38. The maximum absolute atomic E-state index is 4.57. The van der Waals surface area contributed by atoms with Crippen LogP contribution in [0.5, 0.6) is 0 Å². The Hall–Kier alpha value is -0.550. The van der Waals surface area contributed by atoms with E-state index in [1.165, 1.54) is 18.5 Å². The van der Waals surface area contributed by atoms with Gasteiger partial charge in [-0.15, -0.1) is 0 Å². The molecule has 18 heavy (non-hydrogen) atoms. The van der Waals surface area contributed by atoms with E-state index in [1.54, 1.807) is 0 Å². The summed E-state index contributed by atoms with van der Waals surface area (Å²) < 4.78 is 2.21. The standard InChI is InChI=1S/C13H15Br2N3/c14-10-2-1-3-11(15)12(10)18(8-9-4-5-9)13-16-6-7-17-13/h1-3,9H,4-8H2,(H,16,17). The highest BCUT2D eigenvalue weighted by Gasteiger charge is 2.29. The molecular formula is C13H15Br2N3. The summed E-state index contributed by atoms with van der Waals surface area (Å²) >= 11 is 7.30. The van der Waals surface area contributed by atoms with Crippen molar-refractivity contribution in [3.63, 3.8) is 0 Å². The molecule has 3 rings (SSSR count). The number of halogens is 2. The molecule has 5 heteroatoms. The van der Waals surface area contributed by atoms with Crippen molar-refractivity contribution in [1.29, 1.82) is 0 Å². The van der Waals surface area contributed by atoms with Crippen LogP contribution in [0.25, 0.3) is 0 Å². The topological polar surface area (TPSA) is 27.6 Å². The molecule has 1 heterocycles. The quantitative estimate of drug-likeness (QED) is 0.880. The highest BCUT2D eigenvalue weighted by molar-refractivity contribution is 9.11. The van der Waals surface area contributed by atoms with Gasteiger partial charge >= 0.3 is 0 Å². The molecule has 1 aromatic carbocycles. The summed E-state index contributed by atoms with van der Waals surface area (Å²) in [5, 5.41) is 3.38. The van der Waals surface area contributed by atoms with E-state index in [0.29, 0.717) is 0 Å². The fourth-order valence-corrected chi connectivity index (χ4v) is 3.58. The van der Waals surface area contributed by atoms with Gasteiger partial charge in [-0.1, -0.05) is 6.07 Å². The number of nitrogens with one attached hydrogen (secondary N) is 1. The van der Waals surface area contributed by atoms with Crippen molar-refractivity contribution in [2.24, 2.45) is 10.9 Å². The number of nitrogens with zero attached hydrogens (tertiary/aromatic N) is 2. The summed E-state index contributed by atoms with van der Waals surface area (Å²) in [4.78, 5) is 6.87. The molecule has 0 radical (unpaired) electrons. The molecule has 1 aliphatic carbocycles. The zero-order valence-electron chi connectivity index (χ0n) is 10.00. The van der Waals surface area contributed by atoms with Crippen LogP contribution in [0.3, 0.4) is 0 Å². The lowest BCUT2D eigenvalue weighted by Gasteiger charge is -2.26. The van der Waals surface area contributed by atoms with Crippen molar-refractivity contribution in [3.8, 4) is 0 Å². The molecule has 0 unspecified atom stereocenters. The normalized spacial score (nSPS) is 18.4. The molecule has 0 bridgehead atoms.